The van der Waals surface area contributed by atoms with E-state index in [9.17, 15) is 4.79 Å². The van der Waals surface area contributed by atoms with Crippen LogP contribution in [0.2, 0.25) is 0 Å². The number of amides is 1. The quantitative estimate of drug-likeness (QED) is 0.566. The molecule has 4 nitrogen and oxygen atoms in total. The molecule has 0 atom stereocenters. The molecule has 27 heavy (non-hydrogen) atoms. The smallest absolute Gasteiger partial charge is 0.266 e. The van der Waals surface area contributed by atoms with Gasteiger partial charge in [0.05, 0.1) is 18.1 Å². The minimum absolute atomic E-state index is 0.0279. The first-order valence-electron chi connectivity index (χ1n) is 9.25. The molecule has 4 rings (SSSR count). The Morgan fingerprint density at radius 2 is 1.85 bits per heavy atom. The SMILES string of the molecule is O=C1C(=Cc2ccc3ccccc3c2)SC(=S)N1CCCN1CCOCC1. The zero-order valence-electron chi connectivity index (χ0n) is 15.1. The van der Waals surface area contributed by atoms with Crippen molar-refractivity contribution >= 4 is 51.1 Å². The summed E-state index contributed by atoms with van der Waals surface area (Å²) in [5, 5.41) is 2.37. The largest absolute Gasteiger partial charge is 0.379 e. The number of hydrogen-bond acceptors (Lipinski definition) is 5. The van der Waals surface area contributed by atoms with E-state index >= 15 is 0 Å². The third-order valence-electron chi connectivity index (χ3n) is 4.90. The monoisotopic (exact) mass is 398 g/mol. The second-order valence-corrected chi connectivity index (χ2v) is 8.42. The normalized spacial score (nSPS) is 20.1. The molecule has 2 aromatic rings. The maximum Gasteiger partial charge on any atom is 0.266 e. The topological polar surface area (TPSA) is 32.8 Å². The second kappa shape index (κ2) is 8.52. The van der Waals surface area contributed by atoms with E-state index in [1.807, 2.05) is 24.3 Å². The van der Waals surface area contributed by atoms with Crippen molar-refractivity contribution in [2.45, 2.75) is 6.42 Å². The molecule has 2 fully saturated rings. The highest BCUT2D eigenvalue weighted by Crippen LogP contribution is 2.33. The first-order valence-corrected chi connectivity index (χ1v) is 10.5. The van der Waals surface area contributed by atoms with Crippen molar-refractivity contribution in [1.82, 2.24) is 9.80 Å². The molecule has 0 N–H and O–H groups in total. The van der Waals surface area contributed by atoms with Crippen LogP contribution >= 0.6 is 24.0 Å². The van der Waals surface area contributed by atoms with Gasteiger partial charge in [-0.3, -0.25) is 14.6 Å². The molecule has 2 aliphatic rings. The fourth-order valence-corrected chi connectivity index (χ4v) is 4.73. The molecule has 0 unspecified atom stereocenters. The van der Waals surface area contributed by atoms with Crippen molar-refractivity contribution in [2.24, 2.45) is 0 Å². The van der Waals surface area contributed by atoms with E-state index < -0.39 is 0 Å². The molecule has 140 valence electrons. The molecule has 0 saturated carbocycles. The highest BCUT2D eigenvalue weighted by atomic mass is 32.2. The summed E-state index contributed by atoms with van der Waals surface area (Å²) in [6, 6.07) is 14.5. The summed E-state index contributed by atoms with van der Waals surface area (Å²) in [6.07, 6.45) is 2.88. The standard InChI is InChI=1S/C21H22N2O2S2/c24-20-19(15-16-6-7-17-4-1-2-5-18(17)14-16)27-21(26)23(20)9-3-8-22-10-12-25-13-11-22/h1-2,4-7,14-15H,3,8-13H2. The molecule has 0 bridgehead atoms. The highest BCUT2D eigenvalue weighted by Gasteiger charge is 2.31. The van der Waals surface area contributed by atoms with Crippen LogP contribution in [0, 0.1) is 0 Å². The molecule has 2 saturated heterocycles. The van der Waals surface area contributed by atoms with E-state index in [4.69, 9.17) is 17.0 Å². The van der Waals surface area contributed by atoms with Crippen molar-refractivity contribution in [3.63, 3.8) is 0 Å². The minimum atomic E-state index is 0.0279. The Balaban J connectivity index is 1.41. The molecule has 0 aromatic heterocycles. The van der Waals surface area contributed by atoms with Gasteiger partial charge in [-0.1, -0.05) is 60.4 Å². The lowest BCUT2D eigenvalue weighted by molar-refractivity contribution is -0.122. The molecular weight excluding hydrogens is 376 g/mol. The van der Waals surface area contributed by atoms with Gasteiger partial charge in [0, 0.05) is 26.2 Å². The maximum absolute atomic E-state index is 12.8. The van der Waals surface area contributed by atoms with Crippen molar-refractivity contribution in [3.8, 4) is 0 Å². The Morgan fingerprint density at radius 1 is 1.07 bits per heavy atom. The van der Waals surface area contributed by atoms with Gasteiger partial charge in [-0.15, -0.1) is 0 Å². The molecule has 2 aromatic carbocycles. The summed E-state index contributed by atoms with van der Waals surface area (Å²) in [5.41, 5.74) is 1.03. The number of fused-ring (bicyclic) bond motifs is 1. The van der Waals surface area contributed by atoms with E-state index in [-0.39, 0.29) is 5.91 Å². The molecule has 0 radical (unpaired) electrons. The number of morpholine rings is 1. The summed E-state index contributed by atoms with van der Waals surface area (Å²) in [6.45, 7) is 5.20. The van der Waals surface area contributed by atoms with Gasteiger partial charge >= 0.3 is 0 Å². The zero-order chi connectivity index (χ0) is 18.6. The first kappa shape index (κ1) is 18.6. The number of rotatable bonds is 5. The summed E-state index contributed by atoms with van der Waals surface area (Å²) in [5.74, 6) is 0.0279. The number of nitrogens with zero attached hydrogens (tertiary/aromatic N) is 2. The Hall–Kier alpha value is -1.73. The number of thioether (sulfide) groups is 1. The van der Waals surface area contributed by atoms with Crippen LogP contribution in [0.4, 0.5) is 0 Å². The molecule has 2 heterocycles. The van der Waals surface area contributed by atoms with Gasteiger partial charge in [-0.2, -0.15) is 0 Å². The maximum atomic E-state index is 12.8. The van der Waals surface area contributed by atoms with Gasteiger partial charge in [-0.25, -0.2) is 0 Å². The summed E-state index contributed by atoms with van der Waals surface area (Å²) in [4.78, 5) is 17.6. The van der Waals surface area contributed by atoms with Gasteiger partial charge in [0.1, 0.15) is 4.32 Å². The van der Waals surface area contributed by atoms with Gasteiger partial charge in [0.2, 0.25) is 0 Å². The van der Waals surface area contributed by atoms with Gasteiger partial charge in [0.25, 0.3) is 5.91 Å². The highest BCUT2D eigenvalue weighted by molar-refractivity contribution is 8.26. The van der Waals surface area contributed by atoms with Crippen LogP contribution in [-0.4, -0.2) is 59.4 Å². The van der Waals surface area contributed by atoms with E-state index in [1.54, 1.807) is 4.90 Å². The Labute approximate surface area is 169 Å². The average molecular weight is 399 g/mol. The number of ether oxygens (including phenoxy) is 1. The summed E-state index contributed by atoms with van der Waals surface area (Å²) < 4.78 is 6.03. The first-order chi connectivity index (χ1) is 13.2. The fourth-order valence-electron chi connectivity index (χ4n) is 3.42. The van der Waals surface area contributed by atoms with Crippen LogP contribution in [0.1, 0.15) is 12.0 Å². The van der Waals surface area contributed by atoms with Crippen LogP contribution in [0.15, 0.2) is 47.4 Å². The average Bonchev–Trinajstić information content (AvgIpc) is 2.96. The number of carbonyl (C=O) groups is 1. The third-order valence-corrected chi connectivity index (χ3v) is 6.28. The van der Waals surface area contributed by atoms with Crippen molar-refractivity contribution in [2.75, 3.05) is 39.4 Å². The predicted octanol–water partition coefficient (Wildman–Crippen LogP) is 3.76. The van der Waals surface area contributed by atoms with E-state index in [0.717, 1.165) is 44.8 Å². The van der Waals surface area contributed by atoms with Crippen molar-refractivity contribution in [3.05, 3.63) is 52.9 Å². The molecular formula is C21H22N2O2S2. The molecule has 0 aliphatic carbocycles. The summed E-state index contributed by atoms with van der Waals surface area (Å²) >= 11 is 6.85. The number of carbonyl (C=O) groups excluding carboxylic acids is 1. The van der Waals surface area contributed by atoms with Gasteiger partial charge in [-0.05, 0) is 34.9 Å². The predicted molar refractivity (Wildman–Crippen MR) is 116 cm³/mol. The number of thiocarbonyl (C=S) groups is 1. The zero-order valence-corrected chi connectivity index (χ0v) is 16.7. The van der Waals surface area contributed by atoms with Crippen LogP contribution in [0.3, 0.4) is 0 Å². The molecule has 0 spiro atoms. The van der Waals surface area contributed by atoms with Crippen LogP contribution < -0.4 is 0 Å². The van der Waals surface area contributed by atoms with Crippen molar-refractivity contribution in [1.29, 1.82) is 0 Å². The molecule has 2 aliphatic heterocycles. The lowest BCUT2D eigenvalue weighted by atomic mass is 10.1. The minimum Gasteiger partial charge on any atom is -0.379 e. The van der Waals surface area contributed by atoms with Gasteiger partial charge < -0.3 is 4.74 Å². The van der Waals surface area contributed by atoms with Crippen LogP contribution in [0.5, 0.6) is 0 Å². The molecule has 6 heteroatoms. The number of hydrogen-bond donors (Lipinski definition) is 0. The lowest BCUT2D eigenvalue weighted by Crippen LogP contribution is -2.38. The van der Waals surface area contributed by atoms with Crippen LogP contribution in [-0.2, 0) is 9.53 Å². The second-order valence-electron chi connectivity index (χ2n) is 6.75. The Kier molecular flexibility index (Phi) is 5.88. The third kappa shape index (κ3) is 4.41. The molecule has 1 amide bonds. The summed E-state index contributed by atoms with van der Waals surface area (Å²) in [7, 11) is 0. The fraction of sp³-hybridized carbons (Fsp3) is 0.333. The Morgan fingerprint density at radius 3 is 2.67 bits per heavy atom. The number of benzene rings is 2. The lowest BCUT2D eigenvalue weighted by Gasteiger charge is -2.27. The van der Waals surface area contributed by atoms with Crippen molar-refractivity contribution < 1.29 is 9.53 Å². The Bertz CT molecular complexity index is 891. The van der Waals surface area contributed by atoms with E-state index in [2.05, 4.69) is 29.2 Å². The van der Waals surface area contributed by atoms with Gasteiger partial charge in [0.15, 0.2) is 0 Å². The van der Waals surface area contributed by atoms with Crippen LogP contribution in [0.25, 0.3) is 16.8 Å². The van der Waals surface area contributed by atoms with E-state index in [1.165, 1.54) is 22.5 Å². The van der Waals surface area contributed by atoms with E-state index in [0.29, 0.717) is 15.8 Å².